The lowest BCUT2D eigenvalue weighted by atomic mass is 10.2. The summed E-state index contributed by atoms with van der Waals surface area (Å²) in [5.41, 5.74) is 1.33. The minimum Gasteiger partial charge on any atom is -0.496 e. The van der Waals surface area contributed by atoms with Crippen LogP contribution < -0.4 is 15.4 Å². The van der Waals surface area contributed by atoms with Gasteiger partial charge in [-0.1, -0.05) is 65.0 Å². The molecular weight excluding hydrogens is 432 g/mol. The van der Waals surface area contributed by atoms with Gasteiger partial charge in [-0.15, -0.1) is 10.2 Å². The molecular formula is C19H17ClN4O3S2. The first-order valence-corrected chi connectivity index (χ1v) is 10.6. The van der Waals surface area contributed by atoms with Crippen LogP contribution in [0.25, 0.3) is 0 Å². The Morgan fingerprint density at radius 1 is 1.17 bits per heavy atom. The molecule has 0 aliphatic rings. The minimum atomic E-state index is -0.405. The average molecular weight is 449 g/mol. The zero-order chi connectivity index (χ0) is 20.6. The summed E-state index contributed by atoms with van der Waals surface area (Å²) in [5.74, 6) is 0.0967. The molecule has 0 fully saturated rings. The topological polar surface area (TPSA) is 93.2 Å². The van der Waals surface area contributed by atoms with Gasteiger partial charge in [0.05, 0.1) is 18.4 Å². The first-order chi connectivity index (χ1) is 14.0. The SMILES string of the molecule is COc1ccc(Cl)cc1C(=O)Nc1nnc(SCC(=O)NCc2ccccc2)s1. The van der Waals surface area contributed by atoms with Gasteiger partial charge in [0.1, 0.15) is 5.75 Å². The second-order valence-electron chi connectivity index (χ2n) is 5.72. The van der Waals surface area contributed by atoms with Crippen LogP contribution in [0.15, 0.2) is 52.9 Å². The van der Waals surface area contributed by atoms with E-state index < -0.39 is 5.91 Å². The van der Waals surface area contributed by atoms with Gasteiger partial charge in [-0.25, -0.2) is 0 Å². The third-order valence-electron chi connectivity index (χ3n) is 3.69. The van der Waals surface area contributed by atoms with Gasteiger partial charge in [0.15, 0.2) is 4.34 Å². The Bertz CT molecular complexity index is 998. The number of benzene rings is 2. The molecule has 0 saturated carbocycles. The molecule has 1 aromatic heterocycles. The quantitative estimate of drug-likeness (QED) is 0.401. The van der Waals surface area contributed by atoms with E-state index in [0.717, 1.165) is 5.56 Å². The van der Waals surface area contributed by atoms with Crippen molar-refractivity contribution in [1.82, 2.24) is 15.5 Å². The monoisotopic (exact) mass is 448 g/mol. The highest BCUT2D eigenvalue weighted by molar-refractivity contribution is 8.01. The molecule has 10 heteroatoms. The molecule has 0 spiro atoms. The van der Waals surface area contributed by atoms with Crippen molar-refractivity contribution in [2.75, 3.05) is 18.2 Å². The maximum Gasteiger partial charge on any atom is 0.261 e. The van der Waals surface area contributed by atoms with Gasteiger partial charge in [0.25, 0.3) is 5.91 Å². The van der Waals surface area contributed by atoms with Crippen LogP contribution in [-0.4, -0.2) is 34.9 Å². The second-order valence-corrected chi connectivity index (χ2v) is 8.36. The van der Waals surface area contributed by atoms with E-state index >= 15 is 0 Å². The molecule has 150 valence electrons. The summed E-state index contributed by atoms with van der Waals surface area (Å²) in [7, 11) is 1.47. The number of amides is 2. The number of nitrogens with zero attached hydrogens (tertiary/aromatic N) is 2. The fraction of sp³-hybridized carbons (Fsp3) is 0.158. The van der Waals surface area contributed by atoms with Crippen LogP contribution in [0.3, 0.4) is 0 Å². The number of hydrogen-bond acceptors (Lipinski definition) is 7. The predicted molar refractivity (Wildman–Crippen MR) is 115 cm³/mol. The molecule has 0 unspecified atom stereocenters. The van der Waals surface area contributed by atoms with Crippen LogP contribution in [0.2, 0.25) is 5.02 Å². The van der Waals surface area contributed by atoms with Crippen LogP contribution in [0, 0.1) is 0 Å². The van der Waals surface area contributed by atoms with E-state index in [4.69, 9.17) is 16.3 Å². The molecule has 0 radical (unpaired) electrons. The third kappa shape index (κ3) is 6.18. The van der Waals surface area contributed by atoms with E-state index in [9.17, 15) is 9.59 Å². The number of thioether (sulfide) groups is 1. The fourth-order valence-corrected chi connectivity index (χ4v) is 4.06. The number of ether oxygens (including phenoxy) is 1. The molecule has 2 amide bonds. The highest BCUT2D eigenvalue weighted by Gasteiger charge is 2.16. The number of anilines is 1. The average Bonchev–Trinajstić information content (AvgIpc) is 3.18. The number of methoxy groups -OCH3 is 1. The molecule has 29 heavy (non-hydrogen) atoms. The summed E-state index contributed by atoms with van der Waals surface area (Å²) >= 11 is 8.40. The molecule has 0 atom stereocenters. The van der Waals surface area contributed by atoms with Gasteiger partial charge in [0.2, 0.25) is 11.0 Å². The van der Waals surface area contributed by atoms with E-state index in [0.29, 0.717) is 32.4 Å². The third-order valence-corrected chi connectivity index (χ3v) is 5.90. The molecule has 1 heterocycles. The number of carbonyl (C=O) groups excluding carboxylic acids is 2. The zero-order valence-corrected chi connectivity index (χ0v) is 17.7. The van der Waals surface area contributed by atoms with Gasteiger partial charge in [-0.05, 0) is 23.8 Å². The van der Waals surface area contributed by atoms with Crippen LogP contribution in [-0.2, 0) is 11.3 Å². The maximum atomic E-state index is 12.5. The summed E-state index contributed by atoms with van der Waals surface area (Å²) in [6.07, 6.45) is 0. The smallest absolute Gasteiger partial charge is 0.261 e. The van der Waals surface area contributed by atoms with Gasteiger partial charge in [-0.2, -0.15) is 0 Å². The molecule has 3 aromatic rings. The van der Waals surface area contributed by atoms with Crippen molar-refractivity contribution in [2.24, 2.45) is 0 Å². The number of aromatic nitrogens is 2. The van der Waals surface area contributed by atoms with Gasteiger partial charge in [-0.3, -0.25) is 14.9 Å². The number of halogens is 1. The van der Waals surface area contributed by atoms with Gasteiger partial charge < -0.3 is 10.1 Å². The Balaban J connectivity index is 1.51. The summed E-state index contributed by atoms with van der Waals surface area (Å²) in [6, 6.07) is 14.4. The summed E-state index contributed by atoms with van der Waals surface area (Å²) in [6.45, 7) is 0.471. The van der Waals surface area contributed by atoms with Crippen LogP contribution in [0.1, 0.15) is 15.9 Å². The van der Waals surface area contributed by atoms with Crippen LogP contribution in [0.5, 0.6) is 5.75 Å². The van der Waals surface area contributed by atoms with E-state index in [2.05, 4.69) is 20.8 Å². The zero-order valence-electron chi connectivity index (χ0n) is 15.3. The van der Waals surface area contributed by atoms with Crippen LogP contribution >= 0.6 is 34.7 Å². The lowest BCUT2D eigenvalue weighted by Crippen LogP contribution is -2.24. The van der Waals surface area contributed by atoms with Crippen molar-refractivity contribution in [3.63, 3.8) is 0 Å². The lowest BCUT2D eigenvalue weighted by molar-refractivity contribution is -0.118. The van der Waals surface area contributed by atoms with Crippen molar-refractivity contribution < 1.29 is 14.3 Å². The maximum absolute atomic E-state index is 12.5. The molecule has 3 rings (SSSR count). The normalized spacial score (nSPS) is 10.4. The Kier molecular flexibility index (Phi) is 7.45. The van der Waals surface area contributed by atoms with E-state index in [-0.39, 0.29) is 11.7 Å². The number of nitrogens with one attached hydrogen (secondary N) is 2. The molecule has 0 bridgehead atoms. The largest absolute Gasteiger partial charge is 0.496 e. The predicted octanol–water partition coefficient (Wildman–Crippen LogP) is 3.86. The van der Waals surface area contributed by atoms with Crippen molar-refractivity contribution in [1.29, 1.82) is 0 Å². The van der Waals surface area contributed by atoms with Gasteiger partial charge >= 0.3 is 0 Å². The van der Waals surface area contributed by atoms with Crippen molar-refractivity contribution in [3.8, 4) is 5.75 Å². The van der Waals surface area contributed by atoms with Crippen molar-refractivity contribution in [2.45, 2.75) is 10.9 Å². The highest BCUT2D eigenvalue weighted by atomic mass is 35.5. The number of rotatable bonds is 8. The number of carbonyl (C=O) groups is 2. The lowest BCUT2D eigenvalue weighted by Gasteiger charge is -2.07. The Morgan fingerprint density at radius 3 is 2.72 bits per heavy atom. The highest BCUT2D eigenvalue weighted by Crippen LogP contribution is 2.27. The molecule has 0 saturated heterocycles. The van der Waals surface area contributed by atoms with E-state index in [1.54, 1.807) is 12.1 Å². The van der Waals surface area contributed by atoms with Crippen molar-refractivity contribution in [3.05, 3.63) is 64.7 Å². The summed E-state index contributed by atoms with van der Waals surface area (Å²) < 4.78 is 5.76. The molecule has 0 aliphatic heterocycles. The van der Waals surface area contributed by atoms with Crippen LogP contribution in [0.4, 0.5) is 5.13 Å². The second kappa shape index (κ2) is 10.2. The Labute approximate surface area is 180 Å². The Morgan fingerprint density at radius 2 is 1.97 bits per heavy atom. The fourth-order valence-electron chi connectivity index (χ4n) is 2.32. The first-order valence-electron chi connectivity index (χ1n) is 8.47. The summed E-state index contributed by atoms with van der Waals surface area (Å²) in [5, 5.41) is 14.2. The molecule has 2 N–H and O–H groups in total. The number of hydrogen-bond donors (Lipinski definition) is 2. The molecule has 2 aromatic carbocycles. The van der Waals surface area contributed by atoms with E-state index in [1.165, 1.54) is 36.3 Å². The molecule has 0 aliphatic carbocycles. The standard InChI is InChI=1S/C19H17ClN4O3S2/c1-27-15-8-7-13(20)9-14(15)17(26)22-18-23-24-19(29-18)28-11-16(25)21-10-12-5-3-2-4-6-12/h2-9H,10-11H2,1H3,(H,21,25)(H,22,23,26). The van der Waals surface area contributed by atoms with Crippen molar-refractivity contribution >= 4 is 51.6 Å². The first kappa shape index (κ1) is 21.1. The summed E-state index contributed by atoms with van der Waals surface area (Å²) in [4.78, 5) is 24.4. The van der Waals surface area contributed by atoms with Gasteiger partial charge in [0, 0.05) is 11.6 Å². The molecule has 7 nitrogen and oxygen atoms in total. The van der Waals surface area contributed by atoms with E-state index in [1.807, 2.05) is 30.3 Å². The minimum absolute atomic E-state index is 0.108. The Hall–Kier alpha value is -2.62.